The Kier molecular flexibility index (Phi) is 6.79. The molecule has 2 aromatic carbocycles. The molecule has 8 nitrogen and oxygen atoms in total. The van der Waals surface area contributed by atoms with E-state index in [2.05, 4.69) is 11.9 Å². The second-order valence-electron chi connectivity index (χ2n) is 8.57. The van der Waals surface area contributed by atoms with Crippen molar-refractivity contribution in [1.82, 2.24) is 10.2 Å². The van der Waals surface area contributed by atoms with Crippen LogP contribution in [0.1, 0.15) is 29.5 Å². The molecule has 0 bridgehead atoms. The molecule has 0 aromatic heterocycles. The average Bonchev–Trinajstić information content (AvgIpc) is 3.07. The molecule has 180 valence electrons. The molecule has 1 spiro atoms. The number of urea groups is 1. The van der Waals surface area contributed by atoms with Crippen molar-refractivity contribution < 1.29 is 28.9 Å². The number of carbonyl (C=O) groups excluding carboxylic acids is 2. The Balaban J connectivity index is 1.45. The zero-order valence-corrected chi connectivity index (χ0v) is 19.5. The molecule has 2 atom stereocenters. The number of methoxy groups -OCH3 is 2. The maximum absolute atomic E-state index is 13.5. The number of imide groups is 1. The largest absolute Gasteiger partial charge is 0.497 e. The van der Waals surface area contributed by atoms with E-state index in [0.717, 1.165) is 34.4 Å². The van der Waals surface area contributed by atoms with Crippen LogP contribution >= 0.6 is 0 Å². The molecule has 3 amide bonds. The number of rotatable bonds is 9. The van der Waals surface area contributed by atoms with Crippen LogP contribution in [0.15, 0.2) is 49.1 Å². The molecule has 2 aliphatic rings. The van der Waals surface area contributed by atoms with Crippen LogP contribution in [0.5, 0.6) is 17.2 Å². The normalized spacial score (nSPS) is 20.0. The number of benzene rings is 2. The summed E-state index contributed by atoms with van der Waals surface area (Å²) in [6.45, 7) is 3.46. The second-order valence-corrected chi connectivity index (χ2v) is 8.57. The molecule has 2 aromatic rings. The van der Waals surface area contributed by atoms with E-state index in [1.54, 1.807) is 32.4 Å². The van der Waals surface area contributed by atoms with Gasteiger partial charge in [0, 0.05) is 0 Å². The van der Waals surface area contributed by atoms with Crippen LogP contribution in [0.3, 0.4) is 0 Å². The number of nitrogens with one attached hydrogen (secondary N) is 1. The zero-order chi connectivity index (χ0) is 24.3. The third-order valence-electron chi connectivity index (χ3n) is 6.38. The SMILES string of the molecule is C=CCc1ccc(OC[C@H](O)CN2C(=O)N[C@]3(CCCc4cc(OC)ccc43)C2=O)c(OC)c1. The van der Waals surface area contributed by atoms with E-state index >= 15 is 0 Å². The lowest BCUT2D eigenvalue weighted by molar-refractivity contribution is -0.133. The van der Waals surface area contributed by atoms with Crippen molar-refractivity contribution in [1.29, 1.82) is 0 Å². The highest BCUT2D eigenvalue weighted by atomic mass is 16.5. The van der Waals surface area contributed by atoms with E-state index in [1.165, 1.54) is 0 Å². The van der Waals surface area contributed by atoms with Gasteiger partial charge in [0.25, 0.3) is 5.91 Å². The van der Waals surface area contributed by atoms with Crippen LogP contribution in [0.4, 0.5) is 4.79 Å². The summed E-state index contributed by atoms with van der Waals surface area (Å²) in [5.74, 6) is 1.37. The Morgan fingerprint density at radius 3 is 2.74 bits per heavy atom. The molecule has 2 N–H and O–H groups in total. The Bertz CT molecular complexity index is 1100. The number of aliphatic hydroxyl groups is 1. The minimum absolute atomic E-state index is 0.102. The summed E-state index contributed by atoms with van der Waals surface area (Å²) in [7, 11) is 3.14. The highest BCUT2D eigenvalue weighted by molar-refractivity contribution is 6.07. The van der Waals surface area contributed by atoms with Crippen LogP contribution in [-0.2, 0) is 23.2 Å². The van der Waals surface area contributed by atoms with E-state index in [0.29, 0.717) is 30.1 Å². The number of nitrogens with zero attached hydrogens (tertiary/aromatic N) is 1. The molecule has 1 aliphatic carbocycles. The monoisotopic (exact) mass is 466 g/mol. The number of carbonyl (C=O) groups is 2. The molecule has 1 heterocycles. The molecule has 1 fully saturated rings. The lowest BCUT2D eigenvalue weighted by Crippen LogP contribution is -2.47. The molecular weight excluding hydrogens is 436 g/mol. The highest BCUT2D eigenvalue weighted by Crippen LogP contribution is 2.41. The first kappa shape index (κ1) is 23.6. The third-order valence-corrected chi connectivity index (χ3v) is 6.38. The van der Waals surface area contributed by atoms with Crippen LogP contribution in [0, 0.1) is 0 Å². The Morgan fingerprint density at radius 1 is 1.18 bits per heavy atom. The maximum Gasteiger partial charge on any atom is 0.325 e. The first-order chi connectivity index (χ1) is 16.4. The number of fused-ring (bicyclic) bond motifs is 2. The fourth-order valence-corrected chi connectivity index (χ4v) is 4.72. The second kappa shape index (κ2) is 9.77. The lowest BCUT2D eigenvalue weighted by Gasteiger charge is -2.33. The standard InChI is InChI=1S/C26H30N2O6/c1-4-6-17-8-11-22(23(13-17)33-3)34-16-19(29)15-28-24(30)26(27-25(28)31)12-5-7-18-14-20(32-2)9-10-21(18)26/h4,8-11,13-14,19,29H,1,5-7,12,15-16H2,2-3H3,(H,27,31)/t19-,26+/m1/s1. The van der Waals surface area contributed by atoms with Gasteiger partial charge in [-0.15, -0.1) is 6.58 Å². The van der Waals surface area contributed by atoms with Crippen molar-refractivity contribution in [2.24, 2.45) is 0 Å². The van der Waals surface area contributed by atoms with Gasteiger partial charge in [-0.3, -0.25) is 9.69 Å². The minimum atomic E-state index is -1.11. The molecular formula is C26H30N2O6. The molecule has 8 heteroatoms. The van der Waals surface area contributed by atoms with Gasteiger partial charge in [-0.25, -0.2) is 4.79 Å². The van der Waals surface area contributed by atoms with Gasteiger partial charge in [0.05, 0.1) is 20.8 Å². The van der Waals surface area contributed by atoms with Crippen molar-refractivity contribution in [3.05, 3.63) is 65.7 Å². The van der Waals surface area contributed by atoms with Gasteiger partial charge in [0.15, 0.2) is 11.5 Å². The smallest absolute Gasteiger partial charge is 0.325 e. The molecule has 1 aliphatic heterocycles. The summed E-state index contributed by atoms with van der Waals surface area (Å²) in [5.41, 5.74) is 1.68. The van der Waals surface area contributed by atoms with Crippen molar-refractivity contribution in [2.75, 3.05) is 27.4 Å². The fourth-order valence-electron chi connectivity index (χ4n) is 4.72. The molecule has 0 unspecified atom stereocenters. The predicted octanol–water partition coefficient (Wildman–Crippen LogP) is 2.96. The summed E-state index contributed by atoms with van der Waals surface area (Å²) >= 11 is 0. The van der Waals surface area contributed by atoms with Crippen LogP contribution in [0.25, 0.3) is 0 Å². The van der Waals surface area contributed by atoms with Crippen molar-refractivity contribution >= 4 is 11.9 Å². The van der Waals surface area contributed by atoms with Crippen molar-refractivity contribution in [3.8, 4) is 17.2 Å². The van der Waals surface area contributed by atoms with Crippen LogP contribution in [-0.4, -0.2) is 55.4 Å². The molecule has 0 saturated carbocycles. The number of ether oxygens (including phenoxy) is 3. The number of β-amino-alcohol motifs (C(OH)–C–C–N with tert-alkyl or cyclic N) is 1. The van der Waals surface area contributed by atoms with Crippen LogP contribution < -0.4 is 19.5 Å². The van der Waals surface area contributed by atoms with Crippen molar-refractivity contribution in [2.45, 2.75) is 37.3 Å². The number of hydrogen-bond acceptors (Lipinski definition) is 6. The van der Waals surface area contributed by atoms with Gasteiger partial charge in [0.1, 0.15) is 24.0 Å². The van der Waals surface area contributed by atoms with Gasteiger partial charge < -0.3 is 24.6 Å². The Hall–Kier alpha value is -3.52. The van der Waals surface area contributed by atoms with E-state index in [1.807, 2.05) is 24.3 Å². The first-order valence-corrected chi connectivity index (χ1v) is 11.3. The summed E-state index contributed by atoms with van der Waals surface area (Å²) in [6.07, 6.45) is 3.50. The van der Waals surface area contributed by atoms with E-state index in [9.17, 15) is 14.7 Å². The molecule has 4 rings (SSSR count). The number of aliphatic hydroxyl groups excluding tert-OH is 1. The first-order valence-electron chi connectivity index (χ1n) is 11.3. The number of hydrogen-bond donors (Lipinski definition) is 2. The third kappa shape index (κ3) is 4.33. The van der Waals surface area contributed by atoms with Crippen LogP contribution in [0.2, 0.25) is 0 Å². The summed E-state index contributed by atoms with van der Waals surface area (Å²) < 4.78 is 16.4. The van der Waals surface area contributed by atoms with Crippen molar-refractivity contribution in [3.63, 3.8) is 0 Å². The molecule has 34 heavy (non-hydrogen) atoms. The zero-order valence-electron chi connectivity index (χ0n) is 19.5. The van der Waals surface area contributed by atoms with Gasteiger partial charge >= 0.3 is 6.03 Å². The highest BCUT2D eigenvalue weighted by Gasteiger charge is 2.54. The van der Waals surface area contributed by atoms with Gasteiger partial charge in [-0.1, -0.05) is 18.2 Å². The molecule has 1 saturated heterocycles. The summed E-state index contributed by atoms with van der Waals surface area (Å²) in [6, 6.07) is 10.5. The lowest BCUT2D eigenvalue weighted by atomic mass is 9.76. The minimum Gasteiger partial charge on any atom is -0.497 e. The maximum atomic E-state index is 13.5. The average molecular weight is 467 g/mol. The Morgan fingerprint density at radius 2 is 2.00 bits per heavy atom. The fraction of sp³-hybridized carbons (Fsp3) is 0.385. The van der Waals surface area contributed by atoms with Gasteiger partial charge in [-0.05, 0) is 66.6 Å². The topological polar surface area (TPSA) is 97.3 Å². The van der Waals surface area contributed by atoms with E-state index in [-0.39, 0.29) is 19.1 Å². The predicted molar refractivity (Wildman–Crippen MR) is 126 cm³/mol. The molecule has 0 radical (unpaired) electrons. The number of allylic oxidation sites excluding steroid dienone is 1. The van der Waals surface area contributed by atoms with E-state index < -0.39 is 17.7 Å². The summed E-state index contributed by atoms with van der Waals surface area (Å²) in [4.78, 5) is 27.3. The van der Waals surface area contributed by atoms with E-state index in [4.69, 9.17) is 14.2 Å². The Labute approximate surface area is 199 Å². The summed E-state index contributed by atoms with van der Waals surface area (Å²) in [5, 5.41) is 13.5. The number of amides is 3. The van der Waals surface area contributed by atoms with Gasteiger partial charge in [-0.2, -0.15) is 0 Å². The van der Waals surface area contributed by atoms with Gasteiger partial charge in [0.2, 0.25) is 0 Å². The quantitative estimate of drug-likeness (QED) is 0.436. The number of aryl methyl sites for hydroxylation is 1.